The van der Waals surface area contributed by atoms with Gasteiger partial charge in [-0.3, -0.25) is 4.79 Å². The zero-order valence-electron chi connectivity index (χ0n) is 11.1. The van der Waals surface area contributed by atoms with E-state index in [0.717, 1.165) is 36.4 Å². The maximum Gasteiger partial charge on any atom is 0.159 e. The van der Waals surface area contributed by atoms with Gasteiger partial charge in [-0.05, 0) is 45.1 Å². The molecular weight excluding hydrogens is 214 g/mol. The average molecular weight is 235 g/mol. The number of ether oxygens (including phenoxy) is 1. The van der Waals surface area contributed by atoms with Gasteiger partial charge in [-0.1, -0.05) is 6.92 Å². The van der Waals surface area contributed by atoms with Crippen LogP contribution in [0.2, 0.25) is 0 Å². The quantitative estimate of drug-likeness (QED) is 0.710. The first-order chi connectivity index (χ1) is 8.08. The third-order valence-corrected chi connectivity index (χ3v) is 2.73. The highest BCUT2D eigenvalue weighted by Gasteiger charge is 2.09. The lowest BCUT2D eigenvalue weighted by Gasteiger charge is -2.18. The molecule has 0 atom stereocenters. The van der Waals surface area contributed by atoms with Gasteiger partial charge in [-0.25, -0.2) is 0 Å². The van der Waals surface area contributed by atoms with E-state index in [1.807, 2.05) is 18.2 Å². The molecule has 0 radical (unpaired) electrons. The van der Waals surface area contributed by atoms with Gasteiger partial charge in [0.05, 0.1) is 7.11 Å². The smallest absolute Gasteiger partial charge is 0.159 e. The lowest BCUT2D eigenvalue weighted by molar-refractivity contribution is 0.101. The summed E-state index contributed by atoms with van der Waals surface area (Å²) < 4.78 is 5.32. The van der Waals surface area contributed by atoms with Crippen LogP contribution in [0, 0.1) is 0 Å². The summed E-state index contributed by atoms with van der Waals surface area (Å²) >= 11 is 0. The predicted molar refractivity (Wildman–Crippen MR) is 69.6 cm³/mol. The molecule has 0 unspecified atom stereocenters. The van der Waals surface area contributed by atoms with Crippen LogP contribution >= 0.6 is 0 Å². The molecule has 0 heterocycles. The van der Waals surface area contributed by atoms with Crippen LogP contribution in [0.3, 0.4) is 0 Å². The van der Waals surface area contributed by atoms with E-state index < -0.39 is 0 Å². The van der Waals surface area contributed by atoms with Crippen molar-refractivity contribution in [3.63, 3.8) is 0 Å². The molecule has 0 amide bonds. The Morgan fingerprint density at radius 1 is 1.41 bits per heavy atom. The number of ketones is 1. The maximum atomic E-state index is 11.4. The van der Waals surface area contributed by atoms with Crippen molar-refractivity contribution < 1.29 is 9.53 Å². The van der Waals surface area contributed by atoms with Crippen LogP contribution in [0.15, 0.2) is 18.2 Å². The summed E-state index contributed by atoms with van der Waals surface area (Å²) in [4.78, 5) is 13.6. The molecule has 94 valence electrons. The summed E-state index contributed by atoms with van der Waals surface area (Å²) in [5.41, 5.74) is 1.81. The number of benzene rings is 1. The number of hydrogen-bond acceptors (Lipinski definition) is 3. The summed E-state index contributed by atoms with van der Waals surface area (Å²) in [5.74, 6) is 0.935. The summed E-state index contributed by atoms with van der Waals surface area (Å²) in [5, 5.41) is 0. The Morgan fingerprint density at radius 2 is 2.12 bits per heavy atom. The first kappa shape index (κ1) is 13.7. The van der Waals surface area contributed by atoms with Crippen molar-refractivity contribution in [2.24, 2.45) is 0 Å². The van der Waals surface area contributed by atoms with Gasteiger partial charge in [0.15, 0.2) is 5.78 Å². The first-order valence-corrected chi connectivity index (χ1v) is 5.94. The second kappa shape index (κ2) is 6.40. The molecule has 0 aliphatic heterocycles. The van der Waals surface area contributed by atoms with Crippen molar-refractivity contribution in [3.05, 3.63) is 29.3 Å². The molecular formula is C14H21NO2. The van der Waals surface area contributed by atoms with Crippen molar-refractivity contribution in [3.8, 4) is 5.75 Å². The van der Waals surface area contributed by atoms with Crippen molar-refractivity contribution in [1.82, 2.24) is 4.90 Å². The fourth-order valence-electron chi connectivity index (χ4n) is 1.87. The van der Waals surface area contributed by atoms with Crippen molar-refractivity contribution >= 4 is 5.78 Å². The van der Waals surface area contributed by atoms with Gasteiger partial charge in [-0.15, -0.1) is 0 Å². The van der Waals surface area contributed by atoms with Gasteiger partial charge in [0.2, 0.25) is 0 Å². The molecule has 1 aromatic rings. The molecule has 0 spiro atoms. The molecule has 0 aromatic heterocycles. The highest BCUT2D eigenvalue weighted by molar-refractivity contribution is 5.94. The van der Waals surface area contributed by atoms with E-state index in [4.69, 9.17) is 4.74 Å². The topological polar surface area (TPSA) is 29.5 Å². The Kier molecular flexibility index (Phi) is 5.16. The number of carbonyl (C=O) groups excluding carboxylic acids is 1. The molecule has 3 nitrogen and oxygen atoms in total. The second-order valence-electron chi connectivity index (χ2n) is 4.32. The van der Waals surface area contributed by atoms with Gasteiger partial charge in [-0.2, -0.15) is 0 Å². The zero-order valence-corrected chi connectivity index (χ0v) is 11.1. The summed E-state index contributed by atoms with van der Waals surface area (Å²) in [6, 6.07) is 5.60. The standard InChI is InChI=1S/C14H21NO2/c1-5-8-15(3)10-13-9-12(11(2)16)6-7-14(13)17-4/h6-7,9H,5,8,10H2,1-4H3. The van der Waals surface area contributed by atoms with Gasteiger partial charge in [0.25, 0.3) is 0 Å². The fourth-order valence-corrected chi connectivity index (χ4v) is 1.87. The van der Waals surface area contributed by atoms with E-state index >= 15 is 0 Å². The third-order valence-electron chi connectivity index (χ3n) is 2.73. The van der Waals surface area contributed by atoms with Gasteiger partial charge in [0.1, 0.15) is 5.75 Å². The Balaban J connectivity index is 2.93. The van der Waals surface area contributed by atoms with Crippen LogP contribution in [0.25, 0.3) is 0 Å². The highest BCUT2D eigenvalue weighted by atomic mass is 16.5. The van der Waals surface area contributed by atoms with Gasteiger partial charge in [0, 0.05) is 17.7 Å². The molecule has 3 heteroatoms. The number of Topliss-reactive ketones (excluding diaryl/α,β-unsaturated/α-hetero) is 1. The van der Waals surface area contributed by atoms with Crippen molar-refractivity contribution in [2.75, 3.05) is 20.7 Å². The predicted octanol–water partition coefficient (Wildman–Crippen LogP) is 2.74. The average Bonchev–Trinajstić information content (AvgIpc) is 2.29. The van der Waals surface area contributed by atoms with Crippen LogP contribution in [0.4, 0.5) is 0 Å². The largest absolute Gasteiger partial charge is 0.496 e. The second-order valence-corrected chi connectivity index (χ2v) is 4.32. The third kappa shape index (κ3) is 3.86. The van der Waals surface area contributed by atoms with Crippen molar-refractivity contribution in [1.29, 1.82) is 0 Å². The molecule has 0 fully saturated rings. The minimum Gasteiger partial charge on any atom is -0.496 e. The van der Waals surface area contributed by atoms with Crippen LogP contribution in [-0.2, 0) is 6.54 Å². The first-order valence-electron chi connectivity index (χ1n) is 5.94. The SMILES string of the molecule is CCCN(C)Cc1cc(C(C)=O)ccc1OC. The molecule has 1 rings (SSSR count). The summed E-state index contributed by atoms with van der Waals surface area (Å²) in [6.07, 6.45) is 1.12. The zero-order chi connectivity index (χ0) is 12.8. The molecule has 1 aromatic carbocycles. The van der Waals surface area contributed by atoms with E-state index in [1.54, 1.807) is 14.0 Å². The van der Waals surface area contributed by atoms with E-state index in [0.29, 0.717) is 0 Å². The maximum absolute atomic E-state index is 11.4. The Morgan fingerprint density at radius 3 is 2.65 bits per heavy atom. The Labute approximate surface area is 103 Å². The fraction of sp³-hybridized carbons (Fsp3) is 0.500. The molecule has 0 saturated carbocycles. The Hall–Kier alpha value is -1.35. The van der Waals surface area contributed by atoms with Crippen LogP contribution in [-0.4, -0.2) is 31.4 Å². The van der Waals surface area contributed by atoms with Crippen LogP contribution < -0.4 is 4.74 Å². The van der Waals surface area contributed by atoms with Crippen LogP contribution in [0.5, 0.6) is 5.75 Å². The van der Waals surface area contributed by atoms with E-state index in [2.05, 4.69) is 18.9 Å². The molecule has 0 aliphatic rings. The molecule has 0 bridgehead atoms. The lowest BCUT2D eigenvalue weighted by atomic mass is 10.1. The number of nitrogens with zero attached hydrogens (tertiary/aromatic N) is 1. The lowest BCUT2D eigenvalue weighted by Crippen LogP contribution is -2.19. The number of hydrogen-bond donors (Lipinski definition) is 0. The van der Waals surface area contributed by atoms with E-state index in [1.165, 1.54) is 0 Å². The van der Waals surface area contributed by atoms with Crippen molar-refractivity contribution in [2.45, 2.75) is 26.8 Å². The van der Waals surface area contributed by atoms with E-state index in [9.17, 15) is 4.79 Å². The molecule has 0 saturated heterocycles. The summed E-state index contributed by atoms with van der Waals surface area (Å²) in [6.45, 7) is 5.58. The monoisotopic (exact) mass is 235 g/mol. The minimum atomic E-state index is 0.0899. The number of carbonyl (C=O) groups is 1. The van der Waals surface area contributed by atoms with Crippen LogP contribution in [0.1, 0.15) is 36.2 Å². The van der Waals surface area contributed by atoms with Gasteiger partial charge < -0.3 is 9.64 Å². The molecule has 0 aliphatic carbocycles. The number of methoxy groups -OCH3 is 1. The number of rotatable bonds is 6. The Bertz CT molecular complexity index is 388. The summed E-state index contributed by atoms with van der Waals surface area (Å²) in [7, 11) is 3.73. The molecule has 17 heavy (non-hydrogen) atoms. The highest BCUT2D eigenvalue weighted by Crippen LogP contribution is 2.21. The normalized spacial score (nSPS) is 10.6. The van der Waals surface area contributed by atoms with Gasteiger partial charge >= 0.3 is 0 Å². The minimum absolute atomic E-state index is 0.0899. The van der Waals surface area contributed by atoms with E-state index in [-0.39, 0.29) is 5.78 Å². The molecule has 0 N–H and O–H groups in total.